The van der Waals surface area contributed by atoms with Crippen LogP contribution in [0.25, 0.3) is 0 Å². The molecule has 2 heterocycles. The molecule has 13 atom stereocenters. The van der Waals surface area contributed by atoms with Gasteiger partial charge in [0.25, 0.3) is 0 Å². The number of hydrogen-bond acceptors (Lipinski definition) is 11. The first-order chi connectivity index (χ1) is 23.0. The lowest BCUT2D eigenvalue weighted by Crippen LogP contribution is -2.82. The van der Waals surface area contributed by atoms with Crippen molar-refractivity contribution in [1.82, 2.24) is 4.90 Å². The zero-order valence-electron chi connectivity index (χ0n) is 28.4. The lowest BCUT2D eigenvalue weighted by molar-refractivity contribution is -0.320. The van der Waals surface area contributed by atoms with Crippen LogP contribution in [0.1, 0.15) is 55.8 Å². The van der Waals surface area contributed by atoms with Crippen LogP contribution in [0.2, 0.25) is 0 Å². The van der Waals surface area contributed by atoms with Crippen molar-refractivity contribution < 1.29 is 48.3 Å². The summed E-state index contributed by atoms with van der Waals surface area (Å²) in [5.74, 6) is -2.00. The maximum Gasteiger partial charge on any atom is 0.340 e. The zero-order valence-corrected chi connectivity index (χ0v) is 28.4. The number of fused-ring (bicyclic) bond motifs is 2. The van der Waals surface area contributed by atoms with Crippen molar-refractivity contribution in [2.75, 3.05) is 53.0 Å². The van der Waals surface area contributed by atoms with Crippen molar-refractivity contribution in [2.24, 2.45) is 34.5 Å². The Kier molecular flexibility index (Phi) is 7.52. The average molecular weight is 669 g/mol. The number of likely N-dealkylation sites (tertiary alicyclic amines) is 1. The highest BCUT2D eigenvalue weighted by molar-refractivity contribution is 6.21. The van der Waals surface area contributed by atoms with E-state index in [0.717, 1.165) is 11.3 Å². The molecule has 1 aromatic carbocycles. The van der Waals surface area contributed by atoms with E-state index in [0.29, 0.717) is 25.9 Å². The monoisotopic (exact) mass is 668 g/mol. The normalized spacial score (nSPS) is 47.1. The number of ether oxygens (including phenoxy) is 5. The first-order valence-corrected chi connectivity index (χ1v) is 17.5. The number of aliphatic hydroxyl groups is 2. The van der Waals surface area contributed by atoms with Crippen molar-refractivity contribution >= 4 is 23.5 Å². The zero-order chi connectivity index (χ0) is 34.0. The number of carbonyl (C=O) groups is 3. The fourth-order valence-corrected chi connectivity index (χ4v) is 13.0. The third-order valence-corrected chi connectivity index (χ3v) is 14.2. The van der Waals surface area contributed by atoms with Crippen molar-refractivity contribution in [3.63, 3.8) is 0 Å². The molecule has 2 aliphatic heterocycles. The van der Waals surface area contributed by atoms with Crippen LogP contribution >= 0.6 is 0 Å². The lowest BCUT2D eigenvalue weighted by atomic mass is 9.42. The number of carbonyl (C=O) groups excluding carboxylic acids is 3. The highest BCUT2D eigenvalue weighted by atomic mass is 16.5. The van der Waals surface area contributed by atoms with Crippen LogP contribution in [0, 0.1) is 34.5 Å². The number of likely N-dealkylation sites (N-methyl/N-ethyl adjacent to an activating group) is 1. The van der Waals surface area contributed by atoms with E-state index in [1.165, 1.54) is 0 Å². The molecule has 1 spiro atoms. The summed E-state index contributed by atoms with van der Waals surface area (Å²) in [5, 5.41) is 26.5. The largest absolute Gasteiger partial charge is 0.461 e. The number of para-hydroxylation sites is 1. The van der Waals surface area contributed by atoms with Gasteiger partial charge in [0.2, 0.25) is 11.8 Å². The number of piperidine rings is 1. The van der Waals surface area contributed by atoms with E-state index in [4.69, 9.17) is 23.7 Å². The predicted octanol–water partition coefficient (Wildman–Crippen LogP) is 1.79. The predicted molar refractivity (Wildman–Crippen MR) is 170 cm³/mol. The van der Waals surface area contributed by atoms with Gasteiger partial charge in [0.05, 0.1) is 48.3 Å². The number of amides is 2. The molecule has 5 saturated carbocycles. The van der Waals surface area contributed by atoms with Crippen LogP contribution in [0.4, 0.5) is 5.69 Å². The number of hydrogen-bond donors (Lipinski definition) is 2. The fourth-order valence-electron chi connectivity index (χ4n) is 13.0. The standard InChI is InChI=1S/C36H48N2O10/c1-6-37-17-33(18-48-31(41)19-9-7-8-10-22(19)38-25(39)11-12-26(38)40)14-13-24(45-3)35-21-15-20-23(44-2)16-34(42,27(21)28(20)46-4)36(43,32(35)37)30(47-5)29(33)35/h7-10,20-21,23-24,27-30,32,42-43H,6,11-18H2,1-5H3/t20?,21?,23-,24?,27+,28-,29+,30-,32?,33-,34+,35?,36?/m0/s1. The smallest absolute Gasteiger partial charge is 0.340 e. The number of rotatable bonds is 9. The van der Waals surface area contributed by atoms with Crippen molar-refractivity contribution in [3.8, 4) is 0 Å². The minimum atomic E-state index is -1.69. The maximum atomic E-state index is 14.0. The maximum absolute atomic E-state index is 14.0. The molecule has 12 nitrogen and oxygen atoms in total. The summed E-state index contributed by atoms with van der Waals surface area (Å²) in [5.41, 5.74) is -4.15. The molecule has 7 bridgehead atoms. The Morgan fingerprint density at radius 2 is 1.73 bits per heavy atom. The summed E-state index contributed by atoms with van der Waals surface area (Å²) in [6.07, 6.45) is 0.951. The van der Waals surface area contributed by atoms with Crippen LogP contribution in [-0.2, 0) is 33.3 Å². The van der Waals surface area contributed by atoms with E-state index < -0.39 is 40.1 Å². The third-order valence-electron chi connectivity index (χ3n) is 14.2. The van der Waals surface area contributed by atoms with E-state index in [2.05, 4.69) is 11.8 Å². The van der Waals surface area contributed by atoms with Crippen LogP contribution < -0.4 is 4.90 Å². The summed E-state index contributed by atoms with van der Waals surface area (Å²) in [7, 11) is 6.70. The Morgan fingerprint density at radius 3 is 2.38 bits per heavy atom. The molecule has 2 amide bonds. The van der Waals surface area contributed by atoms with Crippen LogP contribution in [-0.4, -0.2) is 123 Å². The summed E-state index contributed by atoms with van der Waals surface area (Å²) < 4.78 is 31.3. The Bertz CT molecular complexity index is 1510. The number of benzene rings is 1. The number of imide groups is 1. The number of esters is 1. The van der Waals surface area contributed by atoms with Gasteiger partial charge in [-0.1, -0.05) is 19.1 Å². The third kappa shape index (κ3) is 3.67. The topological polar surface area (TPSA) is 144 Å². The Labute approximate surface area is 280 Å². The van der Waals surface area contributed by atoms with E-state index in [1.54, 1.807) is 52.7 Å². The molecule has 8 rings (SSSR count). The second-order valence-corrected chi connectivity index (χ2v) is 15.4. The molecule has 6 unspecified atom stereocenters. The number of nitrogens with zero attached hydrogens (tertiary/aromatic N) is 2. The highest BCUT2D eigenvalue weighted by Gasteiger charge is 2.91. The fraction of sp³-hybridized carbons (Fsp3) is 0.750. The van der Waals surface area contributed by atoms with E-state index >= 15 is 0 Å². The van der Waals surface area contributed by atoms with Crippen LogP contribution in [0.15, 0.2) is 24.3 Å². The second kappa shape index (κ2) is 11.0. The Balaban J connectivity index is 1.24. The van der Waals surface area contributed by atoms with Gasteiger partial charge in [-0.2, -0.15) is 0 Å². The minimum absolute atomic E-state index is 0.0394. The molecule has 2 N–H and O–H groups in total. The number of anilines is 1. The Morgan fingerprint density at radius 1 is 1.00 bits per heavy atom. The van der Waals surface area contributed by atoms with Crippen molar-refractivity contribution in [2.45, 2.75) is 87.1 Å². The van der Waals surface area contributed by atoms with Gasteiger partial charge < -0.3 is 33.9 Å². The van der Waals surface area contributed by atoms with E-state index in [9.17, 15) is 24.6 Å². The molecule has 262 valence electrons. The molecular formula is C36H48N2O10. The van der Waals surface area contributed by atoms with E-state index in [-0.39, 0.29) is 90.9 Å². The SMILES string of the molecule is CCN1C[C@]2(COC(=O)c3ccccc3N3C(=O)CCC3=O)CCC(OC)C34C5CC6[C@@H](OC)C[C@@](O)([C@H]5[C@H]6OC)C(O)(C13)[C@@H](OC)[C@@H]42. The average Bonchev–Trinajstić information content (AvgIpc) is 3.66. The molecule has 12 heteroatoms. The molecule has 2 saturated heterocycles. The molecule has 1 aromatic rings. The van der Waals surface area contributed by atoms with Crippen molar-refractivity contribution in [1.29, 1.82) is 0 Å². The van der Waals surface area contributed by atoms with Gasteiger partial charge in [-0.25, -0.2) is 9.69 Å². The van der Waals surface area contributed by atoms with Gasteiger partial charge in [-0.3, -0.25) is 14.5 Å². The molecule has 0 aromatic heterocycles. The summed E-state index contributed by atoms with van der Waals surface area (Å²) in [6, 6.07) is 6.11. The summed E-state index contributed by atoms with van der Waals surface area (Å²) in [6.45, 7) is 3.24. The lowest BCUT2D eigenvalue weighted by Gasteiger charge is -2.70. The summed E-state index contributed by atoms with van der Waals surface area (Å²) in [4.78, 5) is 42.6. The highest BCUT2D eigenvalue weighted by Crippen LogP contribution is 2.80. The Hall–Kier alpha value is -2.45. The van der Waals surface area contributed by atoms with Gasteiger partial charge in [0.1, 0.15) is 11.2 Å². The van der Waals surface area contributed by atoms with Gasteiger partial charge in [0.15, 0.2) is 0 Å². The van der Waals surface area contributed by atoms with Gasteiger partial charge in [-0.05, 0) is 43.9 Å². The molecule has 48 heavy (non-hydrogen) atoms. The van der Waals surface area contributed by atoms with Crippen molar-refractivity contribution in [3.05, 3.63) is 29.8 Å². The molecular weight excluding hydrogens is 620 g/mol. The molecule has 7 fully saturated rings. The number of methoxy groups -OCH3 is 4. The van der Waals surface area contributed by atoms with Crippen LogP contribution in [0.5, 0.6) is 0 Å². The quantitative estimate of drug-likeness (QED) is 0.294. The second-order valence-electron chi connectivity index (χ2n) is 15.4. The van der Waals surface area contributed by atoms with Crippen LogP contribution in [0.3, 0.4) is 0 Å². The summed E-state index contributed by atoms with van der Waals surface area (Å²) >= 11 is 0. The molecule has 7 aliphatic rings. The van der Waals surface area contributed by atoms with Gasteiger partial charge in [0, 0.05) is 82.8 Å². The van der Waals surface area contributed by atoms with Gasteiger partial charge in [-0.15, -0.1) is 0 Å². The minimum Gasteiger partial charge on any atom is -0.461 e. The first kappa shape index (κ1) is 32.7. The molecule has 0 radical (unpaired) electrons. The van der Waals surface area contributed by atoms with Gasteiger partial charge >= 0.3 is 5.97 Å². The molecule has 5 aliphatic carbocycles. The van der Waals surface area contributed by atoms with E-state index in [1.807, 2.05) is 0 Å². The first-order valence-electron chi connectivity index (χ1n) is 17.5.